The summed E-state index contributed by atoms with van der Waals surface area (Å²) in [6.07, 6.45) is 2.20. The van der Waals surface area contributed by atoms with Gasteiger partial charge in [-0.15, -0.1) is 0 Å². The number of sulfone groups is 1. The molecule has 0 atom stereocenters. The molecule has 1 aromatic rings. The average Bonchev–Trinajstić information content (AvgIpc) is 2.39. The maximum absolute atomic E-state index is 12.4. The number of carbonyl (C=O) groups is 1. The normalized spacial score (nSPS) is 17.6. The van der Waals surface area contributed by atoms with Gasteiger partial charge >= 0.3 is 0 Å². The topological polar surface area (TPSA) is 99.4 Å². The number of primary amides is 1. The Morgan fingerprint density at radius 3 is 2.67 bits per heavy atom. The molecular weight excluding hydrogens is 256 g/mol. The zero-order chi connectivity index (χ0) is 13.2. The van der Waals surface area contributed by atoms with Crippen LogP contribution in [0.15, 0.2) is 23.2 Å². The summed E-state index contributed by atoms with van der Waals surface area (Å²) in [5.41, 5.74) is 4.96. The number of hydrogen-bond donors (Lipinski definition) is 1. The van der Waals surface area contributed by atoms with Crippen LogP contribution >= 0.6 is 0 Å². The fourth-order valence-electron chi connectivity index (χ4n) is 1.97. The third-order valence-corrected chi connectivity index (χ3v) is 5.21. The van der Waals surface area contributed by atoms with E-state index in [4.69, 9.17) is 10.5 Å². The maximum Gasteiger partial charge on any atom is 0.268 e. The Bertz CT molecular complexity index is 550. The van der Waals surface area contributed by atoms with Crippen molar-refractivity contribution in [1.82, 2.24) is 4.98 Å². The van der Waals surface area contributed by atoms with Crippen molar-refractivity contribution in [3.8, 4) is 0 Å². The number of pyridine rings is 1. The van der Waals surface area contributed by atoms with E-state index in [0.717, 1.165) is 0 Å². The van der Waals surface area contributed by atoms with Crippen LogP contribution in [0.1, 0.15) is 23.3 Å². The number of aromatic nitrogens is 1. The Kier molecular flexibility index (Phi) is 3.63. The average molecular weight is 270 g/mol. The van der Waals surface area contributed by atoms with Crippen LogP contribution in [0.25, 0.3) is 0 Å². The summed E-state index contributed by atoms with van der Waals surface area (Å²) >= 11 is 0. The summed E-state index contributed by atoms with van der Waals surface area (Å²) in [5.74, 6) is -0.832. The molecule has 6 nitrogen and oxygen atoms in total. The molecule has 98 valence electrons. The summed E-state index contributed by atoms with van der Waals surface area (Å²) in [6, 6.07) is 2.86. The predicted molar refractivity (Wildman–Crippen MR) is 63.8 cm³/mol. The second kappa shape index (κ2) is 5.03. The first-order valence-corrected chi connectivity index (χ1v) is 7.14. The number of carbonyl (C=O) groups excluding carboxylic acids is 1. The highest BCUT2D eigenvalue weighted by molar-refractivity contribution is 7.92. The highest BCUT2D eigenvalue weighted by Crippen LogP contribution is 2.25. The van der Waals surface area contributed by atoms with Gasteiger partial charge in [-0.2, -0.15) is 0 Å². The van der Waals surface area contributed by atoms with Crippen LogP contribution < -0.4 is 5.73 Å². The molecule has 0 saturated carbocycles. The molecule has 2 heterocycles. The largest absolute Gasteiger partial charge is 0.381 e. The number of amides is 1. The molecule has 1 saturated heterocycles. The SMILES string of the molecule is NC(=O)c1ncccc1S(=O)(=O)C1CCOCC1. The lowest BCUT2D eigenvalue weighted by molar-refractivity contribution is 0.0981. The zero-order valence-electron chi connectivity index (χ0n) is 9.70. The van der Waals surface area contributed by atoms with Gasteiger partial charge in [-0.05, 0) is 25.0 Å². The lowest BCUT2D eigenvalue weighted by atomic mass is 10.2. The van der Waals surface area contributed by atoms with Crippen molar-refractivity contribution in [3.05, 3.63) is 24.0 Å². The lowest BCUT2D eigenvalue weighted by Gasteiger charge is -2.22. The van der Waals surface area contributed by atoms with Gasteiger partial charge in [0.15, 0.2) is 9.84 Å². The summed E-state index contributed by atoms with van der Waals surface area (Å²) in [6.45, 7) is 0.826. The molecule has 0 aliphatic carbocycles. The number of nitrogens with zero attached hydrogens (tertiary/aromatic N) is 1. The van der Waals surface area contributed by atoms with Crippen LogP contribution in [0.2, 0.25) is 0 Å². The van der Waals surface area contributed by atoms with Gasteiger partial charge in [-0.25, -0.2) is 13.4 Å². The highest BCUT2D eigenvalue weighted by Gasteiger charge is 2.32. The first-order chi connectivity index (χ1) is 8.53. The first kappa shape index (κ1) is 13.0. The van der Waals surface area contributed by atoms with Crippen LogP contribution in [0.4, 0.5) is 0 Å². The van der Waals surface area contributed by atoms with Crippen LogP contribution in [-0.4, -0.2) is 37.8 Å². The molecule has 0 spiro atoms. The van der Waals surface area contributed by atoms with Crippen molar-refractivity contribution in [2.24, 2.45) is 5.73 Å². The molecule has 0 aromatic carbocycles. The van der Waals surface area contributed by atoms with Crippen molar-refractivity contribution >= 4 is 15.7 Å². The molecule has 0 radical (unpaired) electrons. The van der Waals surface area contributed by atoms with Crippen LogP contribution in [0.5, 0.6) is 0 Å². The smallest absolute Gasteiger partial charge is 0.268 e. The van der Waals surface area contributed by atoms with Gasteiger partial charge in [-0.3, -0.25) is 4.79 Å². The minimum Gasteiger partial charge on any atom is -0.381 e. The van der Waals surface area contributed by atoms with Crippen molar-refractivity contribution in [2.45, 2.75) is 23.0 Å². The van der Waals surface area contributed by atoms with Crippen LogP contribution in [-0.2, 0) is 14.6 Å². The first-order valence-electron chi connectivity index (χ1n) is 5.60. The monoisotopic (exact) mass is 270 g/mol. The summed E-state index contributed by atoms with van der Waals surface area (Å²) in [7, 11) is -3.58. The van der Waals surface area contributed by atoms with Crippen LogP contribution in [0, 0.1) is 0 Å². The number of rotatable bonds is 3. The lowest BCUT2D eigenvalue weighted by Crippen LogP contribution is -2.31. The third-order valence-electron chi connectivity index (χ3n) is 2.92. The Morgan fingerprint density at radius 1 is 1.39 bits per heavy atom. The van der Waals surface area contributed by atoms with Crippen molar-refractivity contribution in [1.29, 1.82) is 0 Å². The van der Waals surface area contributed by atoms with E-state index in [1.54, 1.807) is 0 Å². The van der Waals surface area contributed by atoms with E-state index in [9.17, 15) is 13.2 Å². The van der Waals surface area contributed by atoms with Gasteiger partial charge in [0.2, 0.25) is 0 Å². The molecule has 18 heavy (non-hydrogen) atoms. The van der Waals surface area contributed by atoms with Crippen molar-refractivity contribution in [2.75, 3.05) is 13.2 Å². The third kappa shape index (κ3) is 2.37. The van der Waals surface area contributed by atoms with E-state index in [0.29, 0.717) is 26.1 Å². The number of ether oxygens (including phenoxy) is 1. The second-order valence-electron chi connectivity index (χ2n) is 4.07. The van der Waals surface area contributed by atoms with E-state index in [2.05, 4.69) is 4.98 Å². The van der Waals surface area contributed by atoms with Crippen LogP contribution in [0.3, 0.4) is 0 Å². The molecule has 1 aliphatic rings. The molecule has 1 fully saturated rings. The van der Waals surface area contributed by atoms with Gasteiger partial charge in [0.1, 0.15) is 5.69 Å². The molecular formula is C11H14N2O4S. The number of hydrogen-bond acceptors (Lipinski definition) is 5. The molecule has 0 unspecified atom stereocenters. The van der Waals surface area contributed by atoms with Gasteiger partial charge in [0.25, 0.3) is 5.91 Å². The predicted octanol–water partition coefficient (Wildman–Crippen LogP) is 0.133. The molecule has 2 rings (SSSR count). The van der Waals surface area contributed by atoms with Crippen molar-refractivity contribution in [3.63, 3.8) is 0 Å². The quantitative estimate of drug-likeness (QED) is 0.841. The van der Waals surface area contributed by atoms with E-state index in [1.165, 1.54) is 18.3 Å². The molecule has 7 heteroatoms. The Balaban J connectivity index is 2.43. The van der Waals surface area contributed by atoms with Gasteiger partial charge in [-0.1, -0.05) is 0 Å². The maximum atomic E-state index is 12.4. The number of nitrogens with two attached hydrogens (primary N) is 1. The summed E-state index contributed by atoms with van der Waals surface area (Å²) < 4.78 is 30.0. The van der Waals surface area contributed by atoms with Gasteiger partial charge in [0.05, 0.1) is 10.1 Å². The molecule has 1 aliphatic heterocycles. The Labute approximate surface area is 105 Å². The second-order valence-corrected chi connectivity index (χ2v) is 6.27. The fourth-order valence-corrected chi connectivity index (χ4v) is 3.83. The molecule has 0 bridgehead atoms. The summed E-state index contributed by atoms with van der Waals surface area (Å²) in [5, 5.41) is -0.534. The molecule has 1 aromatic heterocycles. The minimum absolute atomic E-state index is 0.0793. The Hall–Kier alpha value is -1.47. The van der Waals surface area contributed by atoms with Gasteiger partial charge < -0.3 is 10.5 Å². The standard InChI is InChI=1S/C11H14N2O4S/c12-11(14)10-9(2-1-5-13-10)18(15,16)8-3-6-17-7-4-8/h1-2,5,8H,3-4,6-7H2,(H2,12,14). The van der Waals surface area contributed by atoms with Gasteiger partial charge in [0, 0.05) is 19.4 Å². The zero-order valence-corrected chi connectivity index (χ0v) is 10.5. The van der Waals surface area contributed by atoms with E-state index >= 15 is 0 Å². The van der Waals surface area contributed by atoms with E-state index in [-0.39, 0.29) is 10.6 Å². The fraction of sp³-hybridized carbons (Fsp3) is 0.455. The Morgan fingerprint density at radius 2 is 2.06 bits per heavy atom. The van der Waals surface area contributed by atoms with Crippen molar-refractivity contribution < 1.29 is 17.9 Å². The van der Waals surface area contributed by atoms with E-state index < -0.39 is 21.0 Å². The van der Waals surface area contributed by atoms with E-state index in [1.807, 2.05) is 0 Å². The molecule has 1 amide bonds. The highest BCUT2D eigenvalue weighted by atomic mass is 32.2. The molecule has 2 N–H and O–H groups in total. The summed E-state index contributed by atoms with van der Waals surface area (Å²) in [4.78, 5) is 14.9. The minimum atomic E-state index is -3.58.